The monoisotopic (exact) mass is 203 g/mol. The normalized spacial score (nSPS) is 12.7. The van der Waals surface area contributed by atoms with Gasteiger partial charge in [-0.3, -0.25) is 0 Å². The van der Waals surface area contributed by atoms with Gasteiger partial charge in [0.15, 0.2) is 0 Å². The molecule has 0 amide bonds. The molecular weight excluding hydrogens is 190 g/mol. The Morgan fingerprint density at radius 2 is 2.20 bits per heavy atom. The van der Waals surface area contributed by atoms with E-state index in [2.05, 4.69) is 4.98 Å². The molecule has 15 heavy (non-hydrogen) atoms. The van der Waals surface area contributed by atoms with Gasteiger partial charge < -0.3 is 9.52 Å². The van der Waals surface area contributed by atoms with E-state index in [1.807, 2.05) is 31.2 Å². The summed E-state index contributed by atoms with van der Waals surface area (Å²) in [5.74, 6) is 0.551. The lowest BCUT2D eigenvalue weighted by molar-refractivity contribution is 0.194. The molecule has 2 rings (SSSR count). The van der Waals surface area contributed by atoms with Gasteiger partial charge in [0.2, 0.25) is 5.89 Å². The van der Waals surface area contributed by atoms with Gasteiger partial charge in [-0.25, -0.2) is 4.98 Å². The van der Waals surface area contributed by atoms with E-state index >= 15 is 0 Å². The van der Waals surface area contributed by atoms with Gasteiger partial charge >= 0.3 is 0 Å². The zero-order valence-electron chi connectivity index (χ0n) is 8.77. The van der Waals surface area contributed by atoms with E-state index < -0.39 is 6.10 Å². The van der Waals surface area contributed by atoms with Crippen molar-refractivity contribution in [1.82, 2.24) is 4.98 Å². The molecule has 1 aromatic heterocycles. The lowest BCUT2D eigenvalue weighted by atomic mass is 10.1. The third-order valence-corrected chi connectivity index (χ3v) is 2.22. The average molecular weight is 203 g/mol. The standard InChI is InChI=1S/C12H13NO2/c1-8-4-3-5-10(6-8)12-13-11(7-15-12)9(2)14/h3-7,9,14H,1-2H3. The van der Waals surface area contributed by atoms with Crippen molar-refractivity contribution >= 4 is 0 Å². The van der Waals surface area contributed by atoms with Gasteiger partial charge in [0.05, 0.1) is 6.10 Å². The Labute approximate surface area is 88.4 Å². The number of rotatable bonds is 2. The third kappa shape index (κ3) is 2.07. The van der Waals surface area contributed by atoms with Gasteiger partial charge in [0.1, 0.15) is 12.0 Å². The first-order valence-electron chi connectivity index (χ1n) is 4.87. The second-order valence-corrected chi connectivity index (χ2v) is 3.62. The Bertz CT molecular complexity index is 460. The van der Waals surface area contributed by atoms with Crippen LogP contribution in [0.4, 0.5) is 0 Å². The van der Waals surface area contributed by atoms with Crippen molar-refractivity contribution in [3.8, 4) is 11.5 Å². The molecule has 2 aromatic rings. The third-order valence-electron chi connectivity index (χ3n) is 2.22. The molecule has 0 fully saturated rings. The SMILES string of the molecule is Cc1cccc(-c2nc(C(C)O)co2)c1. The second kappa shape index (κ2) is 3.87. The molecule has 0 radical (unpaired) electrons. The van der Waals surface area contributed by atoms with Crippen molar-refractivity contribution in [1.29, 1.82) is 0 Å². The van der Waals surface area contributed by atoms with Gasteiger partial charge in [-0.05, 0) is 26.0 Å². The number of aryl methyl sites for hydroxylation is 1. The summed E-state index contributed by atoms with van der Waals surface area (Å²) in [6.45, 7) is 3.68. The number of aliphatic hydroxyl groups is 1. The summed E-state index contributed by atoms with van der Waals surface area (Å²) in [6, 6.07) is 7.90. The zero-order chi connectivity index (χ0) is 10.8. The summed E-state index contributed by atoms with van der Waals surface area (Å²) in [4.78, 5) is 4.20. The molecule has 1 N–H and O–H groups in total. The molecule has 1 heterocycles. The van der Waals surface area contributed by atoms with Crippen molar-refractivity contribution in [3.05, 3.63) is 41.8 Å². The van der Waals surface area contributed by atoms with E-state index in [1.54, 1.807) is 6.92 Å². The highest BCUT2D eigenvalue weighted by Crippen LogP contribution is 2.21. The van der Waals surface area contributed by atoms with Crippen LogP contribution in [0, 0.1) is 6.92 Å². The van der Waals surface area contributed by atoms with Crippen molar-refractivity contribution in [2.75, 3.05) is 0 Å². The minimum atomic E-state index is -0.590. The van der Waals surface area contributed by atoms with Gasteiger partial charge in [0.25, 0.3) is 0 Å². The van der Waals surface area contributed by atoms with Crippen LogP contribution < -0.4 is 0 Å². The molecular formula is C12H13NO2. The van der Waals surface area contributed by atoms with Crippen molar-refractivity contribution in [2.45, 2.75) is 20.0 Å². The summed E-state index contributed by atoms with van der Waals surface area (Å²) >= 11 is 0. The molecule has 3 heteroatoms. The number of hydrogen-bond donors (Lipinski definition) is 1. The summed E-state index contributed by atoms with van der Waals surface area (Å²) in [6.07, 6.45) is 0.898. The highest BCUT2D eigenvalue weighted by atomic mass is 16.3. The van der Waals surface area contributed by atoms with Gasteiger partial charge in [0, 0.05) is 5.56 Å². The minimum Gasteiger partial charge on any atom is -0.444 e. The molecule has 0 aliphatic carbocycles. The summed E-state index contributed by atoms with van der Waals surface area (Å²) in [5, 5.41) is 9.32. The number of aromatic nitrogens is 1. The topological polar surface area (TPSA) is 46.3 Å². The fourth-order valence-corrected chi connectivity index (χ4v) is 1.39. The molecule has 0 bridgehead atoms. The molecule has 0 saturated heterocycles. The molecule has 1 unspecified atom stereocenters. The van der Waals surface area contributed by atoms with Crippen LogP contribution in [-0.2, 0) is 0 Å². The maximum atomic E-state index is 9.32. The molecule has 0 aliphatic rings. The highest BCUT2D eigenvalue weighted by Gasteiger charge is 2.09. The minimum absolute atomic E-state index is 0.551. The van der Waals surface area contributed by atoms with E-state index in [0.29, 0.717) is 11.6 Å². The van der Waals surface area contributed by atoms with Crippen LogP contribution in [0.2, 0.25) is 0 Å². The van der Waals surface area contributed by atoms with Crippen molar-refractivity contribution in [2.24, 2.45) is 0 Å². The first-order chi connectivity index (χ1) is 7.16. The largest absolute Gasteiger partial charge is 0.444 e. The van der Waals surface area contributed by atoms with Crippen LogP contribution in [0.25, 0.3) is 11.5 Å². The van der Waals surface area contributed by atoms with Crippen LogP contribution in [0.15, 0.2) is 34.9 Å². The van der Waals surface area contributed by atoms with Crippen LogP contribution in [-0.4, -0.2) is 10.1 Å². The molecule has 1 aromatic carbocycles. The van der Waals surface area contributed by atoms with Crippen LogP contribution >= 0.6 is 0 Å². The van der Waals surface area contributed by atoms with E-state index in [-0.39, 0.29) is 0 Å². The summed E-state index contributed by atoms with van der Waals surface area (Å²) in [5.41, 5.74) is 2.65. The van der Waals surface area contributed by atoms with E-state index in [4.69, 9.17) is 4.42 Å². The molecule has 0 aliphatic heterocycles. The number of benzene rings is 1. The fourth-order valence-electron chi connectivity index (χ4n) is 1.39. The van der Waals surface area contributed by atoms with E-state index in [9.17, 15) is 5.11 Å². The molecule has 1 atom stereocenters. The number of aliphatic hydroxyl groups excluding tert-OH is 1. The molecule has 0 saturated carbocycles. The van der Waals surface area contributed by atoms with Crippen LogP contribution in [0.1, 0.15) is 24.3 Å². The van der Waals surface area contributed by atoms with Gasteiger partial charge in [-0.1, -0.05) is 17.7 Å². The van der Waals surface area contributed by atoms with Gasteiger partial charge in [-0.2, -0.15) is 0 Å². The predicted molar refractivity (Wildman–Crippen MR) is 57.3 cm³/mol. The lowest BCUT2D eigenvalue weighted by Crippen LogP contribution is -1.90. The summed E-state index contributed by atoms with van der Waals surface area (Å²) < 4.78 is 5.30. The zero-order valence-corrected chi connectivity index (χ0v) is 8.77. The lowest BCUT2D eigenvalue weighted by Gasteiger charge is -1.97. The number of nitrogens with zero attached hydrogens (tertiary/aromatic N) is 1. The van der Waals surface area contributed by atoms with E-state index in [0.717, 1.165) is 11.1 Å². The van der Waals surface area contributed by atoms with Gasteiger partial charge in [-0.15, -0.1) is 0 Å². The first-order valence-corrected chi connectivity index (χ1v) is 4.87. The Morgan fingerprint density at radius 1 is 1.40 bits per heavy atom. The Morgan fingerprint density at radius 3 is 2.80 bits per heavy atom. The molecule has 3 nitrogen and oxygen atoms in total. The first kappa shape index (κ1) is 9.93. The van der Waals surface area contributed by atoms with Crippen LogP contribution in [0.5, 0.6) is 0 Å². The highest BCUT2D eigenvalue weighted by molar-refractivity contribution is 5.54. The predicted octanol–water partition coefficient (Wildman–Crippen LogP) is 2.70. The van der Waals surface area contributed by atoms with Crippen molar-refractivity contribution in [3.63, 3.8) is 0 Å². The Balaban J connectivity index is 2.37. The quantitative estimate of drug-likeness (QED) is 0.816. The number of oxazole rings is 1. The van der Waals surface area contributed by atoms with Crippen LogP contribution in [0.3, 0.4) is 0 Å². The molecule has 78 valence electrons. The maximum absolute atomic E-state index is 9.32. The smallest absolute Gasteiger partial charge is 0.226 e. The second-order valence-electron chi connectivity index (χ2n) is 3.62. The van der Waals surface area contributed by atoms with E-state index in [1.165, 1.54) is 6.26 Å². The Kier molecular flexibility index (Phi) is 2.56. The Hall–Kier alpha value is -1.61. The average Bonchev–Trinajstić information content (AvgIpc) is 2.66. The van der Waals surface area contributed by atoms with Crippen molar-refractivity contribution < 1.29 is 9.52 Å². The number of hydrogen-bond acceptors (Lipinski definition) is 3. The summed E-state index contributed by atoms with van der Waals surface area (Å²) in [7, 11) is 0. The molecule has 0 spiro atoms. The maximum Gasteiger partial charge on any atom is 0.226 e. The fraction of sp³-hybridized carbons (Fsp3) is 0.250.